The first-order valence-corrected chi connectivity index (χ1v) is 10.8. The van der Waals surface area contributed by atoms with E-state index in [4.69, 9.17) is 4.74 Å². The Bertz CT molecular complexity index is 753. The third kappa shape index (κ3) is 5.72. The average Bonchev–Trinajstić information content (AvgIpc) is 2.82. The quantitative estimate of drug-likeness (QED) is 0.547. The van der Waals surface area contributed by atoms with E-state index in [9.17, 15) is 9.59 Å². The van der Waals surface area contributed by atoms with E-state index in [1.807, 2.05) is 29.2 Å². The van der Waals surface area contributed by atoms with Crippen LogP contribution in [0.5, 0.6) is 0 Å². The van der Waals surface area contributed by atoms with Crippen LogP contribution in [0.15, 0.2) is 29.3 Å². The number of nitrogens with zero attached hydrogens (tertiary/aromatic N) is 3. The molecular weight excluding hydrogens is 382 g/mol. The zero-order chi connectivity index (χ0) is 21.3. The molecule has 0 spiro atoms. The van der Waals surface area contributed by atoms with Gasteiger partial charge in [-0.15, -0.1) is 0 Å². The first kappa shape index (κ1) is 22.1. The summed E-state index contributed by atoms with van der Waals surface area (Å²) in [6.07, 6.45) is 2.51. The van der Waals surface area contributed by atoms with E-state index in [1.54, 1.807) is 14.1 Å². The number of nitrogens with one attached hydrogen (secondary N) is 2. The van der Waals surface area contributed by atoms with Crippen molar-refractivity contribution in [2.24, 2.45) is 10.9 Å². The second-order valence-corrected chi connectivity index (χ2v) is 7.70. The molecule has 2 amide bonds. The minimum absolute atomic E-state index is 0.0740. The van der Waals surface area contributed by atoms with Crippen LogP contribution in [0.3, 0.4) is 0 Å². The fourth-order valence-electron chi connectivity index (χ4n) is 4.04. The molecule has 30 heavy (non-hydrogen) atoms. The Balaban J connectivity index is 1.45. The molecule has 0 saturated carbocycles. The lowest BCUT2D eigenvalue weighted by Gasteiger charge is -2.36. The Labute approximate surface area is 178 Å². The maximum Gasteiger partial charge on any atom is 0.251 e. The van der Waals surface area contributed by atoms with Crippen LogP contribution in [0.1, 0.15) is 28.8 Å². The van der Waals surface area contributed by atoms with Crippen molar-refractivity contribution in [2.45, 2.75) is 19.3 Å². The van der Waals surface area contributed by atoms with E-state index in [2.05, 4.69) is 20.5 Å². The lowest BCUT2D eigenvalue weighted by molar-refractivity contribution is -0.140. The zero-order valence-corrected chi connectivity index (χ0v) is 18.0. The van der Waals surface area contributed by atoms with Gasteiger partial charge in [0, 0.05) is 58.3 Å². The van der Waals surface area contributed by atoms with Gasteiger partial charge in [-0.25, -0.2) is 0 Å². The van der Waals surface area contributed by atoms with Crippen molar-refractivity contribution >= 4 is 17.8 Å². The van der Waals surface area contributed by atoms with Crippen molar-refractivity contribution in [2.75, 3.05) is 60.0 Å². The highest BCUT2D eigenvalue weighted by Crippen LogP contribution is 2.20. The molecule has 0 unspecified atom stereocenters. The van der Waals surface area contributed by atoms with Gasteiger partial charge in [-0.1, -0.05) is 12.1 Å². The fourth-order valence-corrected chi connectivity index (χ4v) is 4.04. The lowest BCUT2D eigenvalue weighted by Crippen LogP contribution is -2.50. The highest BCUT2D eigenvalue weighted by Gasteiger charge is 2.30. The summed E-state index contributed by atoms with van der Waals surface area (Å²) in [7, 11) is 3.43. The summed E-state index contributed by atoms with van der Waals surface area (Å²) >= 11 is 0. The molecule has 8 nitrogen and oxygen atoms in total. The Morgan fingerprint density at radius 1 is 1.13 bits per heavy atom. The summed E-state index contributed by atoms with van der Waals surface area (Å²) in [5, 5.41) is 6.07. The second-order valence-electron chi connectivity index (χ2n) is 7.70. The van der Waals surface area contributed by atoms with E-state index in [0.717, 1.165) is 50.4 Å². The van der Waals surface area contributed by atoms with Crippen LogP contribution in [0.4, 0.5) is 0 Å². The smallest absolute Gasteiger partial charge is 0.251 e. The minimum Gasteiger partial charge on any atom is -0.378 e. The largest absolute Gasteiger partial charge is 0.378 e. The van der Waals surface area contributed by atoms with Crippen LogP contribution in [-0.2, 0) is 16.0 Å². The molecule has 2 fully saturated rings. The van der Waals surface area contributed by atoms with E-state index >= 15 is 0 Å². The highest BCUT2D eigenvalue weighted by molar-refractivity contribution is 5.94. The summed E-state index contributed by atoms with van der Waals surface area (Å²) in [6.45, 7) is 5.10. The van der Waals surface area contributed by atoms with Crippen LogP contribution in [0.2, 0.25) is 0 Å². The summed E-state index contributed by atoms with van der Waals surface area (Å²) in [5.41, 5.74) is 1.78. The predicted octanol–water partition coefficient (Wildman–Crippen LogP) is 0.735. The van der Waals surface area contributed by atoms with Gasteiger partial charge in [0.05, 0.1) is 13.2 Å². The zero-order valence-electron chi connectivity index (χ0n) is 18.0. The third-order valence-electron chi connectivity index (χ3n) is 5.79. The molecule has 2 aliphatic heterocycles. The molecule has 164 valence electrons. The minimum atomic E-state index is -0.0740. The first-order chi connectivity index (χ1) is 14.6. The van der Waals surface area contributed by atoms with Gasteiger partial charge in [-0.05, 0) is 37.0 Å². The number of rotatable bonds is 5. The Hall–Kier alpha value is -2.61. The number of hydrogen-bond acceptors (Lipinski definition) is 4. The summed E-state index contributed by atoms with van der Waals surface area (Å²) in [6, 6.07) is 7.67. The predicted molar refractivity (Wildman–Crippen MR) is 117 cm³/mol. The molecule has 0 bridgehead atoms. The molecule has 0 aliphatic carbocycles. The first-order valence-electron chi connectivity index (χ1n) is 10.8. The van der Waals surface area contributed by atoms with Gasteiger partial charge in [0.1, 0.15) is 0 Å². The Kier molecular flexibility index (Phi) is 8.07. The molecule has 0 atom stereocenters. The van der Waals surface area contributed by atoms with Crippen molar-refractivity contribution in [3.63, 3.8) is 0 Å². The number of guanidine groups is 1. The molecule has 2 saturated heterocycles. The monoisotopic (exact) mass is 415 g/mol. The maximum absolute atomic E-state index is 12.7. The standard InChI is InChI=1S/C22H33N5O3/c1-23-20(28)19-5-3-4-17(16-19)6-9-25-22(24-2)27-10-7-18(8-11-27)21(29)26-12-14-30-15-13-26/h3-5,16,18H,6-15H2,1-2H3,(H,23,28)(H,24,25). The van der Waals surface area contributed by atoms with Crippen LogP contribution in [0.25, 0.3) is 0 Å². The average molecular weight is 416 g/mol. The number of hydrogen-bond donors (Lipinski definition) is 2. The number of piperidine rings is 1. The summed E-state index contributed by atoms with van der Waals surface area (Å²) in [5.74, 6) is 1.17. The topological polar surface area (TPSA) is 86.3 Å². The molecule has 8 heteroatoms. The van der Waals surface area contributed by atoms with Gasteiger partial charge in [0.25, 0.3) is 5.91 Å². The van der Waals surface area contributed by atoms with Crippen LogP contribution in [0, 0.1) is 5.92 Å². The molecular formula is C22H33N5O3. The van der Waals surface area contributed by atoms with Gasteiger partial charge < -0.3 is 25.2 Å². The number of likely N-dealkylation sites (tertiary alicyclic amines) is 1. The van der Waals surface area contributed by atoms with Crippen molar-refractivity contribution in [1.29, 1.82) is 0 Å². The van der Waals surface area contributed by atoms with Gasteiger partial charge in [-0.2, -0.15) is 0 Å². The number of ether oxygens (including phenoxy) is 1. The second kappa shape index (κ2) is 11.0. The Morgan fingerprint density at radius 3 is 2.53 bits per heavy atom. The van der Waals surface area contributed by atoms with Crippen LogP contribution in [-0.4, -0.2) is 87.6 Å². The molecule has 0 radical (unpaired) electrons. The third-order valence-corrected chi connectivity index (χ3v) is 5.79. The number of carbonyl (C=O) groups is 2. The fraction of sp³-hybridized carbons (Fsp3) is 0.591. The number of morpholine rings is 1. The molecule has 1 aromatic carbocycles. The molecule has 1 aromatic rings. The molecule has 2 heterocycles. The van der Waals surface area contributed by atoms with Gasteiger partial charge in [0.15, 0.2) is 5.96 Å². The van der Waals surface area contributed by atoms with Crippen LogP contribution < -0.4 is 10.6 Å². The summed E-state index contributed by atoms with van der Waals surface area (Å²) < 4.78 is 5.35. The normalized spacial score (nSPS) is 18.3. The van der Waals surface area contributed by atoms with Crippen molar-refractivity contribution < 1.29 is 14.3 Å². The van der Waals surface area contributed by atoms with Crippen molar-refractivity contribution in [1.82, 2.24) is 20.4 Å². The van der Waals surface area contributed by atoms with E-state index < -0.39 is 0 Å². The van der Waals surface area contributed by atoms with Crippen molar-refractivity contribution in [3.05, 3.63) is 35.4 Å². The lowest BCUT2D eigenvalue weighted by atomic mass is 9.95. The number of carbonyl (C=O) groups excluding carboxylic acids is 2. The highest BCUT2D eigenvalue weighted by atomic mass is 16.5. The summed E-state index contributed by atoms with van der Waals surface area (Å²) in [4.78, 5) is 33.1. The van der Waals surface area contributed by atoms with Gasteiger partial charge >= 0.3 is 0 Å². The van der Waals surface area contributed by atoms with Gasteiger partial charge in [-0.3, -0.25) is 14.6 Å². The van der Waals surface area contributed by atoms with Gasteiger partial charge in [0.2, 0.25) is 5.91 Å². The number of amides is 2. The Morgan fingerprint density at radius 2 is 1.87 bits per heavy atom. The molecule has 2 aliphatic rings. The van der Waals surface area contributed by atoms with E-state index in [-0.39, 0.29) is 17.7 Å². The molecule has 0 aromatic heterocycles. The molecule has 2 N–H and O–H groups in total. The van der Waals surface area contributed by atoms with Crippen molar-refractivity contribution in [3.8, 4) is 0 Å². The van der Waals surface area contributed by atoms with E-state index in [0.29, 0.717) is 31.9 Å². The van der Waals surface area contributed by atoms with E-state index in [1.165, 1.54) is 0 Å². The van der Waals surface area contributed by atoms with Crippen LogP contribution >= 0.6 is 0 Å². The SMILES string of the molecule is CN=C(NCCc1cccc(C(=O)NC)c1)N1CCC(C(=O)N2CCOCC2)CC1. The number of benzene rings is 1. The molecule has 3 rings (SSSR count). The maximum atomic E-state index is 12.7. The number of aliphatic imine (C=N–C) groups is 1.